The Hall–Kier alpha value is -0.990. The third-order valence-corrected chi connectivity index (χ3v) is 3.94. The van der Waals surface area contributed by atoms with Gasteiger partial charge >= 0.3 is 0 Å². The molecule has 0 bridgehead atoms. The molecule has 3 rings (SSSR count). The Morgan fingerprint density at radius 3 is 2.94 bits per heavy atom. The van der Waals surface area contributed by atoms with Crippen LogP contribution in [0.5, 0.6) is 0 Å². The van der Waals surface area contributed by atoms with Gasteiger partial charge in [-0.25, -0.2) is 4.68 Å². The molecule has 1 saturated carbocycles. The molecule has 1 fully saturated rings. The quantitative estimate of drug-likeness (QED) is 0.727. The molecule has 1 aromatic heterocycles. The predicted octanol–water partition coefficient (Wildman–Crippen LogP) is 2.77. The van der Waals surface area contributed by atoms with Gasteiger partial charge in [-0.1, -0.05) is 6.42 Å². The van der Waals surface area contributed by atoms with E-state index in [2.05, 4.69) is 42.1 Å². The van der Waals surface area contributed by atoms with Crippen LogP contribution in [0.3, 0.4) is 0 Å². The van der Waals surface area contributed by atoms with Crippen LogP contribution >= 0.6 is 0 Å². The monoisotopic (exact) mass is 219 g/mol. The van der Waals surface area contributed by atoms with Crippen LogP contribution in [0.15, 0.2) is 6.20 Å². The van der Waals surface area contributed by atoms with E-state index in [1.54, 1.807) is 0 Å². The molecule has 2 aliphatic rings. The molecule has 2 atom stereocenters. The maximum Gasteiger partial charge on any atom is 0.128 e. The summed E-state index contributed by atoms with van der Waals surface area (Å²) in [6.45, 7) is 6.63. The summed E-state index contributed by atoms with van der Waals surface area (Å²) in [5.74, 6) is 2.13. The molecule has 1 aliphatic heterocycles. The standard InChI is InChI=1S/C13H21N3/c1-13(2,3)16-12-10(8-14-16)7-9-5-4-6-11(9)15-12/h8-9,11,15H,4-7H2,1-3H3/t9-,11+/m1/s1. The predicted molar refractivity (Wildman–Crippen MR) is 65.7 cm³/mol. The number of fused-ring (bicyclic) bond motifs is 2. The lowest BCUT2D eigenvalue weighted by Crippen LogP contribution is -2.34. The van der Waals surface area contributed by atoms with Crippen molar-refractivity contribution in [3.05, 3.63) is 11.8 Å². The first-order valence-corrected chi connectivity index (χ1v) is 6.39. The molecule has 0 saturated heterocycles. The minimum atomic E-state index is 0.0754. The highest BCUT2D eigenvalue weighted by Gasteiger charge is 2.35. The van der Waals surface area contributed by atoms with Crippen LogP contribution in [-0.2, 0) is 12.0 Å². The molecule has 0 unspecified atom stereocenters. The van der Waals surface area contributed by atoms with Crippen molar-refractivity contribution >= 4 is 5.82 Å². The molecule has 0 amide bonds. The van der Waals surface area contributed by atoms with Crippen molar-refractivity contribution in [2.45, 2.75) is 58.0 Å². The molecule has 0 spiro atoms. The Labute approximate surface area is 97.2 Å². The van der Waals surface area contributed by atoms with E-state index in [9.17, 15) is 0 Å². The molecule has 1 aromatic rings. The second-order valence-electron chi connectivity index (χ2n) is 6.25. The topological polar surface area (TPSA) is 29.9 Å². The number of rotatable bonds is 0. The van der Waals surface area contributed by atoms with Gasteiger partial charge < -0.3 is 5.32 Å². The lowest BCUT2D eigenvalue weighted by atomic mass is 9.92. The average Bonchev–Trinajstić information content (AvgIpc) is 2.76. The first-order valence-electron chi connectivity index (χ1n) is 6.39. The van der Waals surface area contributed by atoms with Crippen LogP contribution in [0, 0.1) is 5.92 Å². The minimum Gasteiger partial charge on any atom is -0.367 e. The van der Waals surface area contributed by atoms with Gasteiger partial charge in [0.25, 0.3) is 0 Å². The molecule has 3 nitrogen and oxygen atoms in total. The van der Waals surface area contributed by atoms with E-state index >= 15 is 0 Å². The molecule has 2 heterocycles. The molecule has 88 valence electrons. The zero-order chi connectivity index (χ0) is 11.3. The van der Waals surface area contributed by atoms with E-state index in [0.717, 1.165) is 5.92 Å². The number of nitrogens with one attached hydrogen (secondary N) is 1. The van der Waals surface area contributed by atoms with Crippen LogP contribution in [0.25, 0.3) is 0 Å². The van der Waals surface area contributed by atoms with Crippen LogP contribution in [0.2, 0.25) is 0 Å². The van der Waals surface area contributed by atoms with E-state index in [4.69, 9.17) is 0 Å². The Bertz CT molecular complexity index is 400. The maximum absolute atomic E-state index is 4.55. The molecule has 0 radical (unpaired) electrons. The fraction of sp³-hybridized carbons (Fsp3) is 0.769. The minimum absolute atomic E-state index is 0.0754. The van der Waals surface area contributed by atoms with Gasteiger partial charge in [-0.05, 0) is 46.0 Å². The molecule has 3 heteroatoms. The van der Waals surface area contributed by atoms with Gasteiger partial charge in [0.1, 0.15) is 5.82 Å². The Morgan fingerprint density at radius 1 is 1.38 bits per heavy atom. The first kappa shape index (κ1) is 10.2. The Morgan fingerprint density at radius 2 is 2.19 bits per heavy atom. The molecule has 1 N–H and O–H groups in total. The van der Waals surface area contributed by atoms with Crippen molar-refractivity contribution in [1.82, 2.24) is 9.78 Å². The van der Waals surface area contributed by atoms with E-state index in [1.165, 1.54) is 37.1 Å². The second-order valence-corrected chi connectivity index (χ2v) is 6.25. The van der Waals surface area contributed by atoms with Crippen molar-refractivity contribution in [1.29, 1.82) is 0 Å². The van der Waals surface area contributed by atoms with Crippen LogP contribution in [0.1, 0.15) is 45.6 Å². The van der Waals surface area contributed by atoms with Crippen molar-refractivity contribution < 1.29 is 0 Å². The Balaban J connectivity index is 1.98. The number of hydrogen-bond donors (Lipinski definition) is 1. The largest absolute Gasteiger partial charge is 0.367 e. The van der Waals surface area contributed by atoms with Gasteiger partial charge in [0.15, 0.2) is 0 Å². The summed E-state index contributed by atoms with van der Waals surface area (Å²) in [4.78, 5) is 0. The molecular weight excluding hydrogens is 198 g/mol. The third-order valence-electron chi connectivity index (χ3n) is 3.94. The zero-order valence-electron chi connectivity index (χ0n) is 10.5. The number of aromatic nitrogens is 2. The van der Waals surface area contributed by atoms with Crippen LogP contribution in [-0.4, -0.2) is 15.8 Å². The fourth-order valence-electron chi connectivity index (χ4n) is 3.12. The van der Waals surface area contributed by atoms with Gasteiger partial charge in [0.05, 0.1) is 11.7 Å². The number of nitrogens with zero attached hydrogens (tertiary/aromatic N) is 2. The summed E-state index contributed by atoms with van der Waals surface area (Å²) >= 11 is 0. The zero-order valence-corrected chi connectivity index (χ0v) is 10.5. The van der Waals surface area contributed by atoms with Gasteiger partial charge in [0, 0.05) is 11.6 Å². The average molecular weight is 219 g/mol. The lowest BCUT2D eigenvalue weighted by Gasteiger charge is -2.31. The smallest absolute Gasteiger partial charge is 0.128 e. The summed E-state index contributed by atoms with van der Waals surface area (Å²) in [6, 6.07) is 0.699. The van der Waals surface area contributed by atoms with Crippen molar-refractivity contribution in [2.75, 3.05) is 5.32 Å². The van der Waals surface area contributed by atoms with Gasteiger partial charge in [-0.2, -0.15) is 5.10 Å². The summed E-state index contributed by atoms with van der Waals surface area (Å²) in [7, 11) is 0. The Kier molecular flexibility index (Phi) is 2.07. The summed E-state index contributed by atoms with van der Waals surface area (Å²) in [6.07, 6.45) is 7.39. The molecular formula is C13H21N3. The van der Waals surface area contributed by atoms with Gasteiger partial charge in [0.2, 0.25) is 0 Å². The third kappa shape index (κ3) is 1.45. The van der Waals surface area contributed by atoms with Gasteiger partial charge in [-0.15, -0.1) is 0 Å². The molecule has 0 aromatic carbocycles. The summed E-state index contributed by atoms with van der Waals surface area (Å²) in [5.41, 5.74) is 1.49. The van der Waals surface area contributed by atoms with E-state index < -0.39 is 0 Å². The van der Waals surface area contributed by atoms with Crippen molar-refractivity contribution in [3.63, 3.8) is 0 Å². The first-order chi connectivity index (χ1) is 7.55. The highest BCUT2D eigenvalue weighted by molar-refractivity contribution is 5.49. The van der Waals surface area contributed by atoms with Crippen molar-refractivity contribution in [2.24, 2.45) is 5.92 Å². The summed E-state index contributed by atoms with van der Waals surface area (Å²) in [5, 5.41) is 8.27. The normalized spacial score (nSPS) is 28.4. The van der Waals surface area contributed by atoms with Gasteiger partial charge in [-0.3, -0.25) is 0 Å². The number of hydrogen-bond acceptors (Lipinski definition) is 2. The molecule has 16 heavy (non-hydrogen) atoms. The highest BCUT2D eigenvalue weighted by atomic mass is 15.4. The lowest BCUT2D eigenvalue weighted by molar-refractivity contribution is 0.355. The number of anilines is 1. The second kappa shape index (κ2) is 3.25. The highest BCUT2D eigenvalue weighted by Crippen LogP contribution is 2.38. The van der Waals surface area contributed by atoms with E-state index in [0.29, 0.717) is 6.04 Å². The van der Waals surface area contributed by atoms with Crippen LogP contribution < -0.4 is 5.32 Å². The van der Waals surface area contributed by atoms with E-state index in [1.807, 2.05) is 0 Å². The van der Waals surface area contributed by atoms with Crippen molar-refractivity contribution in [3.8, 4) is 0 Å². The van der Waals surface area contributed by atoms with E-state index in [-0.39, 0.29) is 5.54 Å². The maximum atomic E-state index is 4.55. The van der Waals surface area contributed by atoms with Crippen LogP contribution in [0.4, 0.5) is 5.82 Å². The molecule has 1 aliphatic carbocycles. The SMILES string of the molecule is CC(C)(C)n1ncc2c1N[C@H]1CCC[C@@H]1C2. The fourth-order valence-corrected chi connectivity index (χ4v) is 3.12. The summed E-state index contributed by atoms with van der Waals surface area (Å²) < 4.78 is 2.15.